The molecule has 162 valence electrons. The van der Waals surface area contributed by atoms with E-state index in [0.717, 1.165) is 51.6 Å². The van der Waals surface area contributed by atoms with Crippen molar-refractivity contribution in [2.45, 2.75) is 70.4 Å². The lowest BCUT2D eigenvalue weighted by atomic mass is 9.96. The lowest BCUT2D eigenvalue weighted by molar-refractivity contribution is 0.102. The molecule has 0 bridgehead atoms. The first-order valence-corrected chi connectivity index (χ1v) is 12.3. The van der Waals surface area contributed by atoms with Crippen LogP contribution in [0.4, 0.5) is 4.79 Å². The molecule has 0 saturated carbocycles. The van der Waals surface area contributed by atoms with Gasteiger partial charge in [0, 0.05) is 30.3 Å². The molecule has 2 aromatic rings. The van der Waals surface area contributed by atoms with E-state index in [-0.39, 0.29) is 12.2 Å². The first kappa shape index (κ1) is 21.3. The highest BCUT2D eigenvalue weighted by atomic mass is 32.1. The summed E-state index contributed by atoms with van der Waals surface area (Å²) >= 11 is 1.81. The summed E-state index contributed by atoms with van der Waals surface area (Å²) in [4.78, 5) is 20.8. The molecular weight excluding hydrogens is 394 g/mol. The van der Waals surface area contributed by atoms with Crippen molar-refractivity contribution in [2.75, 3.05) is 19.6 Å². The summed E-state index contributed by atoms with van der Waals surface area (Å²) in [6.45, 7) is 5.19. The van der Waals surface area contributed by atoms with Crippen molar-refractivity contribution < 1.29 is 9.53 Å². The highest BCUT2D eigenvalue weighted by Crippen LogP contribution is 2.27. The number of rotatable bonds is 9. The number of aromatic nitrogens is 1. The van der Waals surface area contributed by atoms with Gasteiger partial charge in [-0.05, 0) is 62.7 Å². The van der Waals surface area contributed by atoms with Gasteiger partial charge in [-0.2, -0.15) is 0 Å². The number of amides is 1. The number of hydrogen-bond donors (Lipinski definition) is 1. The maximum atomic E-state index is 12.1. The highest BCUT2D eigenvalue weighted by Gasteiger charge is 2.26. The molecule has 1 atom stereocenters. The fourth-order valence-electron chi connectivity index (χ4n) is 4.78. The molecule has 0 saturated heterocycles. The largest absolute Gasteiger partial charge is 0.446 e. The van der Waals surface area contributed by atoms with Gasteiger partial charge in [0.1, 0.15) is 6.10 Å². The Bertz CT molecular complexity index is 812. The van der Waals surface area contributed by atoms with E-state index in [1.807, 2.05) is 29.0 Å². The third kappa shape index (κ3) is 5.41. The number of ether oxygens (including phenoxy) is 1. The number of nitrogens with one attached hydrogen (secondary N) is 1. The lowest BCUT2D eigenvalue weighted by Gasteiger charge is -2.33. The van der Waals surface area contributed by atoms with Gasteiger partial charge in [-0.1, -0.05) is 31.2 Å². The summed E-state index contributed by atoms with van der Waals surface area (Å²) in [5, 5.41) is 2.94. The number of fused-ring (bicyclic) bond motifs is 2. The van der Waals surface area contributed by atoms with Gasteiger partial charge in [0.25, 0.3) is 0 Å². The average molecular weight is 428 g/mol. The van der Waals surface area contributed by atoms with Crippen molar-refractivity contribution in [2.24, 2.45) is 0 Å². The van der Waals surface area contributed by atoms with Crippen LogP contribution in [0.5, 0.6) is 0 Å². The third-order valence-corrected chi connectivity index (χ3v) is 7.21. The minimum Gasteiger partial charge on any atom is -0.446 e. The van der Waals surface area contributed by atoms with Gasteiger partial charge in [-0.3, -0.25) is 0 Å². The Balaban J connectivity index is 1.13. The molecule has 1 unspecified atom stereocenters. The Morgan fingerprint density at radius 1 is 1.20 bits per heavy atom. The Hall–Kier alpha value is -1.92. The van der Waals surface area contributed by atoms with Gasteiger partial charge in [-0.25, -0.2) is 9.78 Å². The van der Waals surface area contributed by atoms with Crippen molar-refractivity contribution in [3.05, 3.63) is 51.5 Å². The second-order valence-electron chi connectivity index (χ2n) is 8.49. The molecule has 0 fully saturated rings. The van der Waals surface area contributed by atoms with Crippen molar-refractivity contribution in [3.63, 3.8) is 0 Å². The summed E-state index contributed by atoms with van der Waals surface area (Å²) in [5.41, 5.74) is 5.92. The number of unbranched alkanes of at least 4 members (excludes halogenated alkanes) is 1. The number of benzene rings is 1. The number of aryl methyl sites for hydroxylation is 1. The minimum atomic E-state index is -0.275. The van der Waals surface area contributed by atoms with Crippen LogP contribution in [-0.2, 0) is 30.4 Å². The van der Waals surface area contributed by atoms with Crippen LogP contribution in [0.3, 0.4) is 0 Å². The van der Waals surface area contributed by atoms with E-state index in [4.69, 9.17) is 4.74 Å². The standard InChI is InChI=1S/C24H33N3O2S/c1-2-12-27(20-9-10-22-23(16-20)30-17-26-22)13-6-5-11-25-24(28)29-21-14-18-7-3-4-8-19(18)15-21/h3-4,7-8,17,20-21H,2,5-6,9-16H2,1H3,(H,25,28). The smallest absolute Gasteiger partial charge is 0.407 e. The first-order chi connectivity index (χ1) is 14.7. The van der Waals surface area contributed by atoms with E-state index >= 15 is 0 Å². The molecular formula is C24H33N3O2S. The molecule has 2 aliphatic rings. The topological polar surface area (TPSA) is 54.5 Å². The van der Waals surface area contributed by atoms with Crippen molar-refractivity contribution in [1.29, 1.82) is 0 Å². The quantitative estimate of drug-likeness (QED) is 0.603. The number of carbonyl (C=O) groups excluding carboxylic acids is 1. The lowest BCUT2D eigenvalue weighted by Crippen LogP contribution is -2.40. The molecule has 1 aromatic carbocycles. The number of nitrogens with zero attached hydrogens (tertiary/aromatic N) is 2. The SMILES string of the molecule is CCCN(CCCCNC(=O)OC1Cc2ccccc2C1)C1CCc2ncsc2C1. The Kier molecular flexibility index (Phi) is 7.39. The maximum absolute atomic E-state index is 12.1. The van der Waals surface area contributed by atoms with E-state index in [2.05, 4.69) is 34.3 Å². The van der Waals surface area contributed by atoms with E-state index in [1.54, 1.807) is 0 Å². The van der Waals surface area contributed by atoms with E-state index < -0.39 is 0 Å². The molecule has 1 N–H and O–H groups in total. The van der Waals surface area contributed by atoms with Gasteiger partial charge in [0.2, 0.25) is 0 Å². The summed E-state index contributed by atoms with van der Waals surface area (Å²) in [7, 11) is 0. The van der Waals surface area contributed by atoms with Crippen molar-refractivity contribution in [1.82, 2.24) is 15.2 Å². The Morgan fingerprint density at radius 2 is 2.00 bits per heavy atom. The minimum absolute atomic E-state index is 0.0228. The zero-order chi connectivity index (χ0) is 20.8. The molecule has 6 heteroatoms. The van der Waals surface area contributed by atoms with E-state index in [9.17, 15) is 4.79 Å². The van der Waals surface area contributed by atoms with Crippen molar-refractivity contribution >= 4 is 17.4 Å². The molecule has 0 radical (unpaired) electrons. The molecule has 1 aromatic heterocycles. The van der Waals surface area contributed by atoms with Gasteiger partial charge >= 0.3 is 6.09 Å². The number of alkyl carbamates (subject to hydrolysis) is 1. The molecule has 5 nitrogen and oxygen atoms in total. The fourth-order valence-corrected chi connectivity index (χ4v) is 5.67. The van der Waals surface area contributed by atoms with Crippen LogP contribution in [0, 0.1) is 0 Å². The first-order valence-electron chi connectivity index (χ1n) is 11.4. The zero-order valence-corrected chi connectivity index (χ0v) is 18.8. The molecule has 2 aliphatic carbocycles. The molecule has 0 aliphatic heterocycles. The average Bonchev–Trinajstić information content (AvgIpc) is 3.38. The predicted octanol–water partition coefficient (Wildman–Crippen LogP) is 4.39. The van der Waals surface area contributed by atoms with Crippen LogP contribution >= 0.6 is 11.3 Å². The van der Waals surface area contributed by atoms with Crippen LogP contribution in [-0.4, -0.2) is 47.8 Å². The highest BCUT2D eigenvalue weighted by molar-refractivity contribution is 7.09. The van der Waals surface area contributed by atoms with Crippen LogP contribution < -0.4 is 5.32 Å². The van der Waals surface area contributed by atoms with E-state index in [1.165, 1.54) is 34.5 Å². The van der Waals surface area contributed by atoms with E-state index in [0.29, 0.717) is 12.6 Å². The number of hydrogen-bond acceptors (Lipinski definition) is 5. The van der Waals surface area contributed by atoms with Crippen LogP contribution in [0.25, 0.3) is 0 Å². The maximum Gasteiger partial charge on any atom is 0.407 e. The van der Waals surface area contributed by atoms with Crippen LogP contribution in [0.2, 0.25) is 0 Å². The summed E-state index contributed by atoms with van der Waals surface area (Å²) in [5.74, 6) is 0. The van der Waals surface area contributed by atoms with Crippen LogP contribution in [0.15, 0.2) is 29.8 Å². The monoisotopic (exact) mass is 427 g/mol. The second kappa shape index (κ2) is 10.4. The zero-order valence-electron chi connectivity index (χ0n) is 17.9. The summed E-state index contributed by atoms with van der Waals surface area (Å²) in [6.07, 6.45) is 8.10. The van der Waals surface area contributed by atoms with Gasteiger partial charge < -0.3 is 15.0 Å². The van der Waals surface area contributed by atoms with Crippen LogP contribution in [0.1, 0.15) is 54.3 Å². The summed E-state index contributed by atoms with van der Waals surface area (Å²) < 4.78 is 5.62. The molecule has 1 heterocycles. The number of thiazole rings is 1. The molecule has 1 amide bonds. The number of carbonyl (C=O) groups is 1. The van der Waals surface area contributed by atoms with Gasteiger partial charge in [0.15, 0.2) is 0 Å². The third-order valence-electron chi connectivity index (χ3n) is 6.32. The Morgan fingerprint density at radius 3 is 2.77 bits per heavy atom. The Labute approximate surface area is 183 Å². The van der Waals surface area contributed by atoms with Gasteiger partial charge in [0.05, 0.1) is 11.2 Å². The van der Waals surface area contributed by atoms with Crippen molar-refractivity contribution in [3.8, 4) is 0 Å². The second-order valence-corrected chi connectivity index (χ2v) is 9.43. The molecule has 0 spiro atoms. The molecule has 4 rings (SSSR count). The summed E-state index contributed by atoms with van der Waals surface area (Å²) in [6, 6.07) is 8.99. The normalized spacial score (nSPS) is 18.3. The molecule has 30 heavy (non-hydrogen) atoms. The fraction of sp³-hybridized carbons (Fsp3) is 0.583. The van der Waals surface area contributed by atoms with Gasteiger partial charge in [-0.15, -0.1) is 11.3 Å². The predicted molar refractivity (Wildman–Crippen MR) is 121 cm³/mol.